The zero-order chi connectivity index (χ0) is 36.9. The van der Waals surface area contributed by atoms with E-state index in [1.54, 1.807) is 0 Å². The topological polar surface area (TPSA) is 3.24 Å². The van der Waals surface area contributed by atoms with E-state index in [4.69, 9.17) is 6.85 Å². The average Bonchev–Trinajstić information content (AvgIpc) is 3.65. The molecule has 0 atom stereocenters. The Balaban J connectivity index is 1.12. The van der Waals surface area contributed by atoms with E-state index in [1.165, 1.54) is 33.0 Å². The van der Waals surface area contributed by atoms with Crippen molar-refractivity contribution in [3.8, 4) is 44.5 Å². The lowest BCUT2D eigenvalue weighted by molar-refractivity contribution is 1.28. The third kappa shape index (κ3) is 5.42. The molecule has 230 valence electrons. The molecule has 49 heavy (non-hydrogen) atoms. The van der Waals surface area contributed by atoms with Crippen molar-refractivity contribution in [1.29, 1.82) is 0 Å². The molecule has 0 aromatic heterocycles. The second-order valence-electron chi connectivity index (χ2n) is 12.2. The molecule has 0 saturated carbocycles. The quantitative estimate of drug-likeness (QED) is 0.170. The molecule has 0 bridgehead atoms. The minimum Gasteiger partial charge on any atom is -0.311 e. The predicted octanol–water partition coefficient (Wildman–Crippen LogP) is 13.5. The molecule has 0 saturated heterocycles. The minimum atomic E-state index is -0.399. The van der Waals surface area contributed by atoms with Crippen molar-refractivity contribution in [2.24, 2.45) is 0 Å². The van der Waals surface area contributed by atoms with Gasteiger partial charge in [0.05, 0.1) is 6.85 Å². The molecule has 8 aromatic rings. The lowest BCUT2D eigenvalue weighted by Gasteiger charge is -2.26. The first-order valence-electron chi connectivity index (χ1n) is 18.9. The molecular formula is C48H33N. The van der Waals surface area contributed by atoms with Crippen LogP contribution in [-0.2, 0) is 0 Å². The molecular weight excluding hydrogens is 591 g/mol. The summed E-state index contributed by atoms with van der Waals surface area (Å²) in [5.74, 6) is 0. The van der Waals surface area contributed by atoms with Gasteiger partial charge in [0, 0.05) is 17.1 Å². The van der Waals surface area contributed by atoms with Crippen LogP contribution in [-0.4, -0.2) is 0 Å². The van der Waals surface area contributed by atoms with E-state index in [9.17, 15) is 0 Å². The summed E-state index contributed by atoms with van der Waals surface area (Å²) in [5.41, 5.74) is 12.9. The van der Waals surface area contributed by atoms with Crippen LogP contribution in [0.5, 0.6) is 0 Å². The monoisotopic (exact) mass is 628 g/mol. The Labute approximate surface area is 294 Å². The molecule has 0 spiro atoms. The van der Waals surface area contributed by atoms with E-state index in [-0.39, 0.29) is 29.7 Å². The smallest absolute Gasteiger partial charge is 0.0629 e. The summed E-state index contributed by atoms with van der Waals surface area (Å²) in [4.78, 5) is 2.17. The Kier molecular flexibility index (Phi) is 5.98. The molecule has 8 aromatic carbocycles. The Bertz CT molecular complexity index is 2690. The van der Waals surface area contributed by atoms with Gasteiger partial charge in [-0.25, -0.2) is 0 Å². The Morgan fingerprint density at radius 1 is 0.367 bits per heavy atom. The van der Waals surface area contributed by atoms with E-state index in [0.717, 1.165) is 39.3 Å². The highest BCUT2D eigenvalue weighted by molar-refractivity contribution is 6.11. The fraction of sp³-hybridized carbons (Fsp3) is 0. The Morgan fingerprint density at radius 3 is 1.45 bits per heavy atom. The summed E-state index contributed by atoms with van der Waals surface area (Å²) in [6.45, 7) is 0. The van der Waals surface area contributed by atoms with Gasteiger partial charge in [-0.2, -0.15) is 0 Å². The third-order valence-corrected chi connectivity index (χ3v) is 9.31. The van der Waals surface area contributed by atoms with E-state index >= 15 is 0 Å². The minimum absolute atomic E-state index is 0.187. The molecule has 1 aliphatic carbocycles. The lowest BCUT2D eigenvalue weighted by Crippen LogP contribution is -2.09. The number of rotatable bonds is 7. The third-order valence-electron chi connectivity index (χ3n) is 9.31. The van der Waals surface area contributed by atoms with E-state index in [1.807, 2.05) is 48.5 Å². The van der Waals surface area contributed by atoms with E-state index in [2.05, 4.69) is 126 Å². The summed E-state index contributed by atoms with van der Waals surface area (Å²) in [6, 6.07) is 52.9. The molecule has 0 fully saturated rings. The maximum Gasteiger partial charge on any atom is 0.0629 e. The maximum atomic E-state index is 8.50. The molecule has 9 rings (SSSR count). The van der Waals surface area contributed by atoms with Gasteiger partial charge in [-0.15, -0.1) is 0 Å². The van der Waals surface area contributed by atoms with Crippen LogP contribution in [0, 0.1) is 0 Å². The Hall–Kier alpha value is -6.44. The van der Waals surface area contributed by atoms with Gasteiger partial charge in [-0.1, -0.05) is 152 Å². The molecule has 1 heteroatoms. The van der Waals surface area contributed by atoms with Crippen LogP contribution in [0.25, 0.3) is 67.4 Å². The van der Waals surface area contributed by atoms with Gasteiger partial charge in [-0.05, 0) is 115 Å². The number of hydrogen-bond donors (Lipinski definition) is 0. The van der Waals surface area contributed by atoms with Crippen LogP contribution in [0.4, 0.5) is 17.1 Å². The van der Waals surface area contributed by atoms with Crippen molar-refractivity contribution in [2.45, 2.75) is 0 Å². The van der Waals surface area contributed by atoms with Gasteiger partial charge < -0.3 is 4.90 Å². The maximum absolute atomic E-state index is 8.50. The van der Waals surface area contributed by atoms with E-state index < -0.39 is 6.04 Å². The first-order chi connectivity index (χ1) is 26.4. The normalized spacial score (nSPS) is 13.0. The highest BCUT2D eigenvalue weighted by atomic mass is 15.1. The van der Waals surface area contributed by atoms with Crippen LogP contribution in [0.3, 0.4) is 0 Å². The fourth-order valence-corrected chi connectivity index (χ4v) is 6.89. The first kappa shape index (κ1) is 23.8. The van der Waals surface area contributed by atoms with E-state index in [0.29, 0.717) is 5.56 Å². The van der Waals surface area contributed by atoms with Gasteiger partial charge in [0.25, 0.3) is 0 Å². The van der Waals surface area contributed by atoms with Crippen LogP contribution >= 0.6 is 0 Å². The number of hydrogen-bond acceptors (Lipinski definition) is 1. The second kappa shape index (κ2) is 12.3. The molecule has 0 aliphatic heterocycles. The number of nitrogens with zero attached hydrogens (tertiary/aromatic N) is 1. The van der Waals surface area contributed by atoms with Crippen LogP contribution in [0.2, 0.25) is 0 Å². The summed E-state index contributed by atoms with van der Waals surface area (Å²) >= 11 is 0. The lowest BCUT2D eigenvalue weighted by atomic mass is 9.91. The highest BCUT2D eigenvalue weighted by Crippen LogP contribution is 2.42. The highest BCUT2D eigenvalue weighted by Gasteiger charge is 2.17. The van der Waals surface area contributed by atoms with Gasteiger partial charge in [-0.3, -0.25) is 0 Å². The zero-order valence-electron chi connectivity index (χ0n) is 31.6. The van der Waals surface area contributed by atoms with Crippen molar-refractivity contribution < 1.29 is 6.85 Å². The number of anilines is 3. The van der Waals surface area contributed by atoms with Crippen LogP contribution in [0.1, 0.15) is 18.0 Å². The molecule has 1 aliphatic rings. The molecule has 0 N–H and O–H groups in total. The van der Waals surface area contributed by atoms with Crippen molar-refractivity contribution in [2.75, 3.05) is 4.90 Å². The molecule has 0 amide bonds. The largest absolute Gasteiger partial charge is 0.311 e. The van der Waals surface area contributed by atoms with Gasteiger partial charge in [0.15, 0.2) is 0 Å². The van der Waals surface area contributed by atoms with Gasteiger partial charge >= 0.3 is 0 Å². The second-order valence-corrected chi connectivity index (χ2v) is 12.2. The zero-order valence-corrected chi connectivity index (χ0v) is 26.6. The van der Waals surface area contributed by atoms with Crippen molar-refractivity contribution >= 4 is 40.0 Å². The summed E-state index contributed by atoms with van der Waals surface area (Å²) < 4.78 is 41.4. The first-order valence-corrected chi connectivity index (χ1v) is 16.4. The fourth-order valence-electron chi connectivity index (χ4n) is 6.89. The van der Waals surface area contributed by atoms with Crippen molar-refractivity contribution in [3.05, 3.63) is 199 Å². The van der Waals surface area contributed by atoms with Gasteiger partial charge in [0.2, 0.25) is 0 Å². The standard InChI is InChI=1S/C48H33N/c1-4-10-34(11-5-1)36-18-25-43(26-19-36)49(44-27-20-37(21-28-44)35-12-6-2-7-13-35)45-29-22-38(23-30-45)42-32-41-17-16-40-24-31-46(47(33-42)48(40)41)39-14-8-3-9-15-39/h1-33H/i1D,4D,5D,10D,11D. The van der Waals surface area contributed by atoms with Gasteiger partial charge in [0.1, 0.15) is 0 Å². The number of benzene rings is 8. The van der Waals surface area contributed by atoms with Crippen molar-refractivity contribution in [3.63, 3.8) is 0 Å². The molecule has 0 unspecified atom stereocenters. The predicted molar refractivity (Wildman–Crippen MR) is 209 cm³/mol. The SMILES string of the molecule is [2H]c1c([2H])c([2H])c(-c2ccc(N(c3ccc(-c4ccccc4)cc3)c3ccc(-c4cc5c6c(ccc(-c7ccccc7)c6c4)C=C5)cc3)cc2)c([2H])c1[2H]. The molecule has 0 heterocycles. The molecule has 1 nitrogen and oxygen atoms in total. The van der Waals surface area contributed by atoms with Crippen LogP contribution < -0.4 is 4.90 Å². The average molecular weight is 629 g/mol. The summed E-state index contributed by atoms with van der Waals surface area (Å²) in [5, 5.41) is 2.52. The van der Waals surface area contributed by atoms with Crippen LogP contribution in [0.15, 0.2) is 188 Å². The Morgan fingerprint density at radius 2 is 0.857 bits per heavy atom. The summed E-state index contributed by atoms with van der Waals surface area (Å²) in [7, 11) is 0. The van der Waals surface area contributed by atoms with Crippen molar-refractivity contribution in [1.82, 2.24) is 0 Å². The summed E-state index contributed by atoms with van der Waals surface area (Å²) in [6.07, 6.45) is 4.41. The molecule has 0 radical (unpaired) electrons.